The molecule has 114 valence electrons. The van der Waals surface area contributed by atoms with E-state index in [1.807, 2.05) is 24.1 Å². The van der Waals surface area contributed by atoms with Crippen molar-refractivity contribution in [2.75, 3.05) is 26.8 Å². The van der Waals surface area contributed by atoms with Gasteiger partial charge < -0.3 is 9.84 Å². The third kappa shape index (κ3) is 6.42. The Morgan fingerprint density at radius 3 is 2.60 bits per heavy atom. The van der Waals surface area contributed by atoms with E-state index in [1.54, 1.807) is 6.07 Å². The number of hydrogen-bond donors (Lipinski definition) is 1. The van der Waals surface area contributed by atoms with Crippen molar-refractivity contribution in [1.29, 1.82) is 0 Å². The van der Waals surface area contributed by atoms with Crippen LogP contribution in [0.2, 0.25) is 10.0 Å². The number of benzene rings is 1. The summed E-state index contributed by atoms with van der Waals surface area (Å²) in [6.07, 6.45) is -0.503. The minimum atomic E-state index is -0.503. The van der Waals surface area contributed by atoms with Gasteiger partial charge in [-0.2, -0.15) is 0 Å². The number of halogens is 2. The van der Waals surface area contributed by atoms with Gasteiger partial charge in [0, 0.05) is 19.7 Å². The average Bonchev–Trinajstić information content (AvgIpc) is 2.34. The Bertz CT molecular complexity index is 413. The van der Waals surface area contributed by atoms with Crippen LogP contribution in [0.15, 0.2) is 18.2 Å². The van der Waals surface area contributed by atoms with Gasteiger partial charge in [-0.3, -0.25) is 4.90 Å². The van der Waals surface area contributed by atoms with E-state index in [9.17, 15) is 5.11 Å². The second-order valence-corrected chi connectivity index (χ2v) is 6.28. The minimum Gasteiger partial charge on any atom is -0.389 e. The van der Waals surface area contributed by atoms with Gasteiger partial charge >= 0.3 is 0 Å². The van der Waals surface area contributed by atoms with Crippen molar-refractivity contribution in [1.82, 2.24) is 4.90 Å². The Balaban J connectivity index is 2.39. The van der Waals surface area contributed by atoms with Gasteiger partial charge in [0.05, 0.1) is 22.8 Å². The molecule has 20 heavy (non-hydrogen) atoms. The zero-order chi connectivity index (χ0) is 15.1. The molecular weight excluding hydrogens is 297 g/mol. The van der Waals surface area contributed by atoms with E-state index >= 15 is 0 Å². The summed E-state index contributed by atoms with van der Waals surface area (Å²) in [5.74, 6) is 0.477. The summed E-state index contributed by atoms with van der Waals surface area (Å²) >= 11 is 12.1. The SMILES string of the molecule is CC(C)COCC(O)CN(C)Cc1cccc(Cl)c1Cl. The van der Waals surface area contributed by atoms with Crippen LogP contribution in [-0.2, 0) is 11.3 Å². The molecule has 0 saturated heterocycles. The maximum atomic E-state index is 9.91. The highest BCUT2D eigenvalue weighted by Gasteiger charge is 2.11. The molecule has 0 bridgehead atoms. The summed E-state index contributed by atoms with van der Waals surface area (Å²) in [6.45, 7) is 6.35. The number of nitrogens with zero attached hydrogens (tertiary/aromatic N) is 1. The summed E-state index contributed by atoms with van der Waals surface area (Å²) in [5, 5.41) is 11.0. The van der Waals surface area contributed by atoms with Gasteiger partial charge in [-0.1, -0.05) is 49.2 Å². The van der Waals surface area contributed by atoms with Gasteiger partial charge in [0.25, 0.3) is 0 Å². The molecule has 0 aliphatic rings. The monoisotopic (exact) mass is 319 g/mol. The fraction of sp³-hybridized carbons (Fsp3) is 0.600. The van der Waals surface area contributed by atoms with Gasteiger partial charge in [0.15, 0.2) is 0 Å². The summed E-state index contributed by atoms with van der Waals surface area (Å²) in [6, 6.07) is 5.58. The van der Waals surface area contributed by atoms with Crippen molar-refractivity contribution in [2.45, 2.75) is 26.5 Å². The fourth-order valence-corrected chi connectivity index (χ4v) is 2.26. The number of ether oxygens (including phenoxy) is 1. The van der Waals surface area contributed by atoms with Crippen LogP contribution in [0.4, 0.5) is 0 Å². The summed E-state index contributed by atoms with van der Waals surface area (Å²) < 4.78 is 5.43. The third-order valence-electron chi connectivity index (χ3n) is 2.76. The largest absolute Gasteiger partial charge is 0.389 e. The van der Waals surface area contributed by atoms with Gasteiger partial charge in [-0.15, -0.1) is 0 Å². The maximum absolute atomic E-state index is 9.91. The van der Waals surface area contributed by atoms with Crippen LogP contribution in [0.1, 0.15) is 19.4 Å². The van der Waals surface area contributed by atoms with Gasteiger partial charge in [-0.25, -0.2) is 0 Å². The van der Waals surface area contributed by atoms with Crippen LogP contribution in [0, 0.1) is 5.92 Å². The Morgan fingerprint density at radius 1 is 1.25 bits per heavy atom. The minimum absolute atomic E-state index is 0.353. The zero-order valence-electron chi connectivity index (χ0n) is 12.3. The summed E-state index contributed by atoms with van der Waals surface area (Å²) in [7, 11) is 1.93. The molecule has 0 radical (unpaired) electrons. The molecule has 1 atom stereocenters. The Hall–Kier alpha value is -0.320. The highest BCUT2D eigenvalue weighted by Crippen LogP contribution is 2.26. The molecular formula is C15H23Cl2NO2. The number of rotatable bonds is 8. The van der Waals surface area contributed by atoms with E-state index in [0.717, 1.165) is 5.56 Å². The number of aliphatic hydroxyl groups is 1. The first-order chi connectivity index (χ1) is 9.40. The van der Waals surface area contributed by atoms with Crippen LogP contribution in [0.25, 0.3) is 0 Å². The molecule has 1 aromatic rings. The van der Waals surface area contributed by atoms with Crippen molar-refractivity contribution in [3.05, 3.63) is 33.8 Å². The molecule has 0 aromatic heterocycles. The molecule has 0 spiro atoms. The predicted octanol–water partition coefficient (Wildman–Crippen LogP) is 3.46. The standard InChI is InChI=1S/C15H23Cl2NO2/c1-11(2)9-20-10-13(19)8-18(3)7-12-5-4-6-14(16)15(12)17/h4-6,11,13,19H,7-10H2,1-3H3. The van der Waals surface area contributed by atoms with E-state index in [2.05, 4.69) is 13.8 Å². The molecule has 0 amide bonds. The van der Waals surface area contributed by atoms with Gasteiger partial charge in [-0.05, 0) is 24.6 Å². The van der Waals surface area contributed by atoms with Crippen LogP contribution in [0.3, 0.4) is 0 Å². The molecule has 0 saturated carbocycles. The van der Waals surface area contributed by atoms with Gasteiger partial charge in [0.2, 0.25) is 0 Å². The maximum Gasteiger partial charge on any atom is 0.0900 e. The van der Waals surface area contributed by atoms with Crippen molar-refractivity contribution in [2.24, 2.45) is 5.92 Å². The molecule has 1 N–H and O–H groups in total. The first kappa shape index (κ1) is 17.7. The molecule has 0 fully saturated rings. The summed E-state index contributed by atoms with van der Waals surface area (Å²) in [5.41, 5.74) is 0.956. The van der Waals surface area contributed by atoms with Crippen molar-refractivity contribution in [3.63, 3.8) is 0 Å². The summed E-state index contributed by atoms with van der Waals surface area (Å²) in [4.78, 5) is 2.00. The lowest BCUT2D eigenvalue weighted by atomic mass is 10.2. The predicted molar refractivity (Wildman–Crippen MR) is 84.5 cm³/mol. The molecule has 3 nitrogen and oxygen atoms in total. The first-order valence-corrected chi connectivity index (χ1v) is 7.53. The second kappa shape index (κ2) is 8.85. The van der Waals surface area contributed by atoms with E-state index in [4.69, 9.17) is 27.9 Å². The zero-order valence-corrected chi connectivity index (χ0v) is 13.8. The van der Waals surface area contributed by atoms with Gasteiger partial charge in [0.1, 0.15) is 0 Å². The van der Waals surface area contributed by atoms with Crippen LogP contribution < -0.4 is 0 Å². The molecule has 1 rings (SSSR count). The van der Waals surface area contributed by atoms with E-state index in [0.29, 0.717) is 42.3 Å². The molecule has 1 unspecified atom stereocenters. The van der Waals surface area contributed by atoms with Crippen LogP contribution in [-0.4, -0.2) is 42.9 Å². The molecule has 0 aliphatic heterocycles. The Morgan fingerprint density at radius 2 is 1.95 bits per heavy atom. The highest BCUT2D eigenvalue weighted by molar-refractivity contribution is 6.42. The van der Waals surface area contributed by atoms with E-state index < -0.39 is 6.10 Å². The normalized spacial score (nSPS) is 13.2. The molecule has 5 heteroatoms. The quantitative estimate of drug-likeness (QED) is 0.796. The lowest BCUT2D eigenvalue weighted by Crippen LogP contribution is -2.32. The number of likely N-dealkylation sites (N-methyl/N-ethyl adjacent to an activating group) is 1. The number of hydrogen-bond acceptors (Lipinski definition) is 3. The van der Waals surface area contributed by atoms with E-state index in [-0.39, 0.29) is 0 Å². The van der Waals surface area contributed by atoms with E-state index in [1.165, 1.54) is 0 Å². The lowest BCUT2D eigenvalue weighted by molar-refractivity contribution is 0.0108. The van der Waals surface area contributed by atoms with Crippen molar-refractivity contribution in [3.8, 4) is 0 Å². The van der Waals surface area contributed by atoms with Crippen molar-refractivity contribution >= 4 is 23.2 Å². The molecule has 0 heterocycles. The first-order valence-electron chi connectivity index (χ1n) is 6.77. The smallest absolute Gasteiger partial charge is 0.0900 e. The number of aliphatic hydroxyl groups excluding tert-OH is 1. The average molecular weight is 320 g/mol. The second-order valence-electron chi connectivity index (χ2n) is 5.49. The Labute approximate surface area is 131 Å². The lowest BCUT2D eigenvalue weighted by Gasteiger charge is -2.21. The third-order valence-corrected chi connectivity index (χ3v) is 3.61. The van der Waals surface area contributed by atoms with Crippen molar-refractivity contribution < 1.29 is 9.84 Å². The topological polar surface area (TPSA) is 32.7 Å². The highest BCUT2D eigenvalue weighted by atomic mass is 35.5. The van der Waals surface area contributed by atoms with Crippen LogP contribution >= 0.6 is 23.2 Å². The fourth-order valence-electron chi connectivity index (χ4n) is 1.88. The molecule has 0 aliphatic carbocycles. The molecule has 1 aromatic carbocycles. The van der Waals surface area contributed by atoms with Crippen LogP contribution in [0.5, 0.6) is 0 Å². The Kier molecular flexibility index (Phi) is 7.85.